The number of rotatable bonds is 8. The van der Waals surface area contributed by atoms with Gasteiger partial charge in [-0.25, -0.2) is 0 Å². The molecule has 0 unspecified atom stereocenters. The summed E-state index contributed by atoms with van der Waals surface area (Å²) in [6, 6.07) is 3.91. The first kappa shape index (κ1) is 25.8. The smallest absolute Gasteiger partial charge is 0.157 e. The molecule has 7 atom stereocenters. The number of carbonyl (C=O) groups is 1. The maximum Gasteiger partial charge on any atom is 0.157 e. The Hall–Kier alpha value is -1.79. The van der Waals surface area contributed by atoms with Crippen molar-refractivity contribution in [2.24, 2.45) is 34.5 Å². The normalized spacial score (nSPS) is 38.8. The summed E-state index contributed by atoms with van der Waals surface area (Å²) in [7, 11) is 1.81. The van der Waals surface area contributed by atoms with E-state index in [0.29, 0.717) is 30.1 Å². The van der Waals surface area contributed by atoms with E-state index in [-0.39, 0.29) is 16.7 Å². The van der Waals surface area contributed by atoms with Crippen molar-refractivity contribution in [3.8, 4) is 0 Å². The first-order valence-electron chi connectivity index (χ1n) is 14.2. The Bertz CT molecular complexity index is 1080. The predicted octanol–water partition coefficient (Wildman–Crippen LogP) is 5.82. The van der Waals surface area contributed by atoms with Crippen molar-refractivity contribution in [1.82, 2.24) is 14.8 Å². The minimum absolute atomic E-state index is 0.0924. The molecule has 0 aromatic carbocycles. The number of ether oxygens (including phenoxy) is 1. The highest BCUT2D eigenvalue weighted by Gasteiger charge is 2.53. The molecule has 3 aliphatic rings. The number of carbonyl (C=O) groups excluding carboxylic acids is 1. The zero-order chi connectivity index (χ0) is 25.6. The quantitative estimate of drug-likeness (QED) is 0.499. The zero-order valence-electron chi connectivity index (χ0n) is 22.7. The molecule has 0 radical (unpaired) electrons. The highest BCUT2D eigenvalue weighted by molar-refractivity contribution is 5.84. The van der Waals surface area contributed by atoms with Gasteiger partial charge < -0.3 is 9.84 Å². The number of fused-ring (bicyclic) bond motifs is 2. The van der Waals surface area contributed by atoms with Gasteiger partial charge in [-0.05, 0) is 99.0 Å². The molecule has 0 spiro atoms. The van der Waals surface area contributed by atoms with Crippen LogP contribution in [0.4, 0.5) is 0 Å². The van der Waals surface area contributed by atoms with E-state index in [1.807, 2.05) is 23.7 Å². The Morgan fingerprint density at radius 1 is 1.17 bits per heavy atom. The lowest BCUT2D eigenvalue weighted by molar-refractivity contribution is -0.128. The highest BCUT2D eigenvalue weighted by atomic mass is 16.5. The molecule has 3 saturated carbocycles. The number of ketones is 1. The van der Waals surface area contributed by atoms with Crippen molar-refractivity contribution in [2.45, 2.75) is 97.1 Å². The molecule has 2 aromatic rings. The summed E-state index contributed by atoms with van der Waals surface area (Å²) in [6.07, 6.45) is 14.5. The summed E-state index contributed by atoms with van der Waals surface area (Å²) < 4.78 is 7.48. The van der Waals surface area contributed by atoms with Gasteiger partial charge in [0.1, 0.15) is 12.1 Å². The lowest BCUT2D eigenvalue weighted by Crippen LogP contribution is -2.45. The van der Waals surface area contributed by atoms with E-state index >= 15 is 0 Å². The minimum Gasteiger partial charge on any atom is -0.390 e. The average Bonchev–Trinajstić information content (AvgIpc) is 3.41. The van der Waals surface area contributed by atoms with Crippen LogP contribution in [0.3, 0.4) is 0 Å². The molecule has 0 bridgehead atoms. The molecule has 5 rings (SSSR count). The summed E-state index contributed by atoms with van der Waals surface area (Å²) >= 11 is 0. The maximum atomic E-state index is 13.6. The van der Waals surface area contributed by atoms with Gasteiger partial charge in [0.2, 0.25) is 0 Å². The fourth-order valence-electron chi connectivity index (χ4n) is 8.54. The molecule has 2 aromatic heterocycles. The molecule has 2 heterocycles. The Balaban J connectivity index is 1.26. The van der Waals surface area contributed by atoms with Crippen LogP contribution in [0.15, 0.2) is 24.5 Å². The summed E-state index contributed by atoms with van der Waals surface area (Å²) in [5.41, 5.74) is 1.46. The van der Waals surface area contributed by atoms with Crippen LogP contribution in [0.25, 0.3) is 11.0 Å². The number of hydrogen-bond donors (Lipinski definition) is 1. The second-order valence-electron chi connectivity index (χ2n) is 13.1. The van der Waals surface area contributed by atoms with Gasteiger partial charge in [-0.2, -0.15) is 5.10 Å². The van der Waals surface area contributed by atoms with E-state index in [0.717, 1.165) is 62.6 Å². The number of hydrogen-bond acceptors (Lipinski definition) is 5. The molecule has 3 aliphatic carbocycles. The first-order valence-corrected chi connectivity index (χ1v) is 14.2. The van der Waals surface area contributed by atoms with Gasteiger partial charge in [0.15, 0.2) is 5.78 Å². The number of aromatic nitrogens is 3. The van der Waals surface area contributed by atoms with E-state index in [1.54, 1.807) is 19.5 Å². The van der Waals surface area contributed by atoms with Crippen LogP contribution >= 0.6 is 0 Å². The molecule has 3 fully saturated rings. The summed E-state index contributed by atoms with van der Waals surface area (Å²) in [6.45, 7) is 7.89. The Morgan fingerprint density at radius 2 is 2.00 bits per heavy atom. The number of nitrogens with zero attached hydrogens (tertiary/aromatic N) is 3. The SMILES string of the molecule is COC[C@]1(C)CC[C@@](C)(O)C[C@@H]1CC[C@@H]1CCC[C@]2(C)[C@@H](C(=O)Cn3ncc4ncccc43)CC[C@@H]12. The lowest BCUT2D eigenvalue weighted by atomic mass is 9.58. The van der Waals surface area contributed by atoms with Gasteiger partial charge in [-0.3, -0.25) is 14.5 Å². The van der Waals surface area contributed by atoms with Gasteiger partial charge in [0.25, 0.3) is 0 Å². The maximum absolute atomic E-state index is 13.6. The zero-order valence-corrected chi connectivity index (χ0v) is 22.7. The van der Waals surface area contributed by atoms with Crippen molar-refractivity contribution in [3.05, 3.63) is 24.5 Å². The minimum atomic E-state index is -0.559. The largest absolute Gasteiger partial charge is 0.390 e. The second kappa shape index (κ2) is 9.83. The Morgan fingerprint density at radius 3 is 2.81 bits per heavy atom. The standard InChI is InChI=1S/C30H45N3O3/c1-28(20-36-4)14-15-29(2,35)17-22(28)10-9-21-7-5-13-30(3)23(21)11-12-24(30)27(34)19-33-26-8-6-16-31-25(26)18-32-33/h6,8,16,18,21-24,35H,5,7,9-15,17,19-20H2,1-4H3/t21-,22-,23-,24+,28-,29+,30-/m0/s1. The van der Waals surface area contributed by atoms with E-state index in [9.17, 15) is 9.90 Å². The Labute approximate surface area is 216 Å². The van der Waals surface area contributed by atoms with Gasteiger partial charge in [0, 0.05) is 19.2 Å². The van der Waals surface area contributed by atoms with Crippen molar-refractivity contribution in [1.29, 1.82) is 0 Å². The molecule has 1 N–H and O–H groups in total. The third-order valence-corrected chi connectivity index (χ3v) is 10.6. The topological polar surface area (TPSA) is 77.2 Å². The summed E-state index contributed by atoms with van der Waals surface area (Å²) in [5.74, 6) is 2.24. The first-order chi connectivity index (χ1) is 17.2. The molecule has 0 aliphatic heterocycles. The van der Waals surface area contributed by atoms with Crippen LogP contribution in [0, 0.1) is 34.5 Å². The molecule has 6 nitrogen and oxygen atoms in total. The third-order valence-electron chi connectivity index (χ3n) is 10.6. The van der Waals surface area contributed by atoms with Crippen LogP contribution in [-0.2, 0) is 16.1 Å². The number of Topliss-reactive ketones (excluding diaryl/α,β-unsaturated/α-hetero) is 1. The number of pyridine rings is 1. The fraction of sp³-hybridized carbons (Fsp3) is 0.767. The lowest BCUT2D eigenvalue weighted by Gasteiger charge is -2.48. The number of aliphatic hydroxyl groups is 1. The summed E-state index contributed by atoms with van der Waals surface area (Å²) in [5, 5.41) is 15.3. The van der Waals surface area contributed by atoms with E-state index in [1.165, 1.54) is 19.3 Å². The van der Waals surface area contributed by atoms with Crippen LogP contribution in [0.1, 0.15) is 85.0 Å². The van der Waals surface area contributed by atoms with Gasteiger partial charge in [0.05, 0.1) is 23.9 Å². The van der Waals surface area contributed by atoms with Crippen LogP contribution in [-0.4, -0.2) is 45.0 Å². The summed E-state index contributed by atoms with van der Waals surface area (Å²) in [4.78, 5) is 18.0. The molecule has 0 amide bonds. The van der Waals surface area contributed by atoms with Crippen LogP contribution in [0.2, 0.25) is 0 Å². The highest BCUT2D eigenvalue weighted by Crippen LogP contribution is 2.59. The van der Waals surface area contributed by atoms with E-state index < -0.39 is 5.60 Å². The van der Waals surface area contributed by atoms with Crippen molar-refractivity contribution < 1.29 is 14.6 Å². The molecule has 6 heteroatoms. The van der Waals surface area contributed by atoms with Gasteiger partial charge >= 0.3 is 0 Å². The van der Waals surface area contributed by atoms with E-state index in [4.69, 9.17) is 4.74 Å². The molecule has 0 saturated heterocycles. The third kappa shape index (κ3) is 4.76. The monoisotopic (exact) mass is 495 g/mol. The van der Waals surface area contributed by atoms with Crippen molar-refractivity contribution >= 4 is 16.8 Å². The van der Waals surface area contributed by atoms with Crippen LogP contribution < -0.4 is 0 Å². The number of methoxy groups -OCH3 is 1. The van der Waals surface area contributed by atoms with Gasteiger partial charge in [-0.15, -0.1) is 0 Å². The van der Waals surface area contributed by atoms with E-state index in [2.05, 4.69) is 23.9 Å². The Kier molecular flexibility index (Phi) is 7.05. The molecule has 36 heavy (non-hydrogen) atoms. The van der Waals surface area contributed by atoms with Crippen molar-refractivity contribution in [3.63, 3.8) is 0 Å². The molecule has 198 valence electrons. The van der Waals surface area contributed by atoms with Crippen molar-refractivity contribution in [2.75, 3.05) is 13.7 Å². The molecular formula is C30H45N3O3. The average molecular weight is 496 g/mol. The van der Waals surface area contributed by atoms with Gasteiger partial charge in [-0.1, -0.05) is 26.7 Å². The molecular weight excluding hydrogens is 450 g/mol. The second-order valence-corrected chi connectivity index (χ2v) is 13.1. The predicted molar refractivity (Wildman–Crippen MR) is 141 cm³/mol. The fourth-order valence-corrected chi connectivity index (χ4v) is 8.54. The van der Waals surface area contributed by atoms with Crippen LogP contribution in [0.5, 0.6) is 0 Å².